The Labute approximate surface area is 115 Å². The van der Waals surface area contributed by atoms with Crippen LogP contribution in [-0.4, -0.2) is 17.5 Å². The van der Waals surface area contributed by atoms with Crippen molar-refractivity contribution in [1.29, 1.82) is 5.26 Å². The van der Waals surface area contributed by atoms with E-state index in [1.54, 1.807) is 0 Å². The number of ether oxygens (including phenoxy) is 1. The summed E-state index contributed by atoms with van der Waals surface area (Å²) in [5.41, 5.74) is 2.66. The number of hydrogen-bond donors (Lipinski definition) is 2. The molecular formula is C15H13N3O2. The Bertz CT molecular complexity index is 765. The van der Waals surface area contributed by atoms with Crippen LogP contribution in [0.3, 0.4) is 0 Å². The Hall–Kier alpha value is -2.74. The smallest absolute Gasteiger partial charge is 0.274 e. The molecule has 0 unspecified atom stereocenters. The highest BCUT2D eigenvalue weighted by molar-refractivity contribution is 6.02. The van der Waals surface area contributed by atoms with Gasteiger partial charge in [0, 0.05) is 17.3 Å². The van der Waals surface area contributed by atoms with E-state index in [-0.39, 0.29) is 11.8 Å². The number of nitrogens with zero attached hydrogens (tertiary/aromatic N) is 1. The number of fused-ring (bicyclic) bond motifs is 3. The van der Waals surface area contributed by atoms with Gasteiger partial charge in [-0.3, -0.25) is 10.1 Å². The number of carbonyl (C=O) groups excluding carboxylic acids is 1. The van der Waals surface area contributed by atoms with Crippen molar-refractivity contribution >= 4 is 16.8 Å². The molecule has 20 heavy (non-hydrogen) atoms. The van der Waals surface area contributed by atoms with Crippen LogP contribution in [0, 0.1) is 11.3 Å². The molecule has 2 heterocycles. The van der Waals surface area contributed by atoms with Crippen LogP contribution in [0.1, 0.15) is 23.0 Å². The monoisotopic (exact) mass is 267 g/mol. The van der Waals surface area contributed by atoms with Crippen LogP contribution in [0.2, 0.25) is 0 Å². The standard InChI is InChI=1S/C15H13N3O2/c1-2-20-15-9(8-16)7-11-10-5-3-4-6-12(10)17-13(11)14(19)18-15/h3-6,17H,2,7H2,1H3,(H,18,19). The van der Waals surface area contributed by atoms with E-state index in [0.717, 1.165) is 16.5 Å². The van der Waals surface area contributed by atoms with Gasteiger partial charge in [-0.05, 0) is 18.6 Å². The van der Waals surface area contributed by atoms with E-state index >= 15 is 0 Å². The normalized spacial score (nSPS) is 14.5. The summed E-state index contributed by atoms with van der Waals surface area (Å²) < 4.78 is 5.36. The fourth-order valence-electron chi connectivity index (χ4n) is 2.43. The molecule has 0 saturated carbocycles. The molecule has 1 aromatic heterocycles. The van der Waals surface area contributed by atoms with Crippen LogP contribution < -0.4 is 5.32 Å². The van der Waals surface area contributed by atoms with Gasteiger partial charge in [-0.2, -0.15) is 5.26 Å². The van der Waals surface area contributed by atoms with Crippen molar-refractivity contribution in [2.24, 2.45) is 0 Å². The third kappa shape index (κ3) is 1.82. The molecule has 5 heteroatoms. The average molecular weight is 267 g/mol. The number of aromatic nitrogens is 1. The number of amides is 1. The third-order valence-electron chi connectivity index (χ3n) is 3.32. The number of nitriles is 1. The van der Waals surface area contributed by atoms with Crippen molar-refractivity contribution in [1.82, 2.24) is 10.3 Å². The minimum absolute atomic E-state index is 0.258. The summed E-state index contributed by atoms with van der Waals surface area (Å²) in [6.45, 7) is 2.21. The van der Waals surface area contributed by atoms with Crippen molar-refractivity contribution in [3.63, 3.8) is 0 Å². The number of aromatic amines is 1. The molecule has 0 fully saturated rings. The Balaban J connectivity index is 2.19. The van der Waals surface area contributed by atoms with Crippen molar-refractivity contribution in [3.8, 4) is 6.07 Å². The first-order valence-electron chi connectivity index (χ1n) is 6.41. The summed E-state index contributed by atoms with van der Waals surface area (Å²) >= 11 is 0. The maximum atomic E-state index is 12.3. The van der Waals surface area contributed by atoms with Crippen molar-refractivity contribution in [2.75, 3.05) is 6.61 Å². The van der Waals surface area contributed by atoms with Crippen LogP contribution in [0.4, 0.5) is 0 Å². The van der Waals surface area contributed by atoms with Crippen molar-refractivity contribution in [3.05, 3.63) is 47.0 Å². The number of hydrogen-bond acceptors (Lipinski definition) is 3. The summed E-state index contributed by atoms with van der Waals surface area (Å²) in [5, 5.41) is 12.9. The highest BCUT2D eigenvalue weighted by Crippen LogP contribution is 2.27. The number of nitrogens with one attached hydrogen (secondary N) is 2. The number of rotatable bonds is 2. The van der Waals surface area contributed by atoms with E-state index < -0.39 is 0 Å². The molecule has 0 bridgehead atoms. The molecule has 0 aliphatic carbocycles. The van der Waals surface area contributed by atoms with Gasteiger partial charge in [0.05, 0.1) is 12.2 Å². The fraction of sp³-hybridized carbons (Fsp3) is 0.200. The molecule has 1 aliphatic rings. The van der Waals surface area contributed by atoms with Crippen LogP contribution in [0.15, 0.2) is 35.7 Å². The SMILES string of the molecule is CCOC1=C(C#N)Cc2c([nH]c3ccccc23)C(=O)N1. The molecule has 3 rings (SSSR count). The zero-order valence-corrected chi connectivity index (χ0v) is 11.0. The van der Waals surface area contributed by atoms with Gasteiger partial charge in [-0.1, -0.05) is 18.2 Å². The second kappa shape index (κ2) is 4.74. The molecule has 100 valence electrons. The number of allylic oxidation sites excluding steroid dienone is 1. The molecule has 0 radical (unpaired) electrons. The van der Waals surface area contributed by atoms with Gasteiger partial charge >= 0.3 is 0 Å². The summed E-state index contributed by atoms with van der Waals surface area (Å²) in [6, 6.07) is 9.80. The van der Waals surface area contributed by atoms with E-state index in [1.165, 1.54) is 0 Å². The molecule has 2 aromatic rings. The molecule has 2 N–H and O–H groups in total. The van der Waals surface area contributed by atoms with Crippen LogP contribution >= 0.6 is 0 Å². The van der Waals surface area contributed by atoms with Crippen LogP contribution in [0.5, 0.6) is 0 Å². The Morgan fingerprint density at radius 1 is 1.40 bits per heavy atom. The molecule has 1 aliphatic heterocycles. The predicted octanol–water partition coefficient (Wildman–Crippen LogP) is 2.23. The topological polar surface area (TPSA) is 77.9 Å². The molecule has 0 atom stereocenters. The van der Waals surface area contributed by atoms with Crippen LogP contribution in [-0.2, 0) is 11.2 Å². The lowest BCUT2D eigenvalue weighted by Gasteiger charge is -2.09. The summed E-state index contributed by atoms with van der Waals surface area (Å²) in [7, 11) is 0. The summed E-state index contributed by atoms with van der Waals surface area (Å²) in [5.74, 6) is -0.0152. The summed E-state index contributed by atoms with van der Waals surface area (Å²) in [4.78, 5) is 15.4. The Kier molecular flexibility index (Phi) is 2.92. The maximum absolute atomic E-state index is 12.3. The van der Waals surface area contributed by atoms with E-state index in [4.69, 9.17) is 4.74 Å². The number of carbonyl (C=O) groups is 1. The first-order valence-corrected chi connectivity index (χ1v) is 6.41. The van der Waals surface area contributed by atoms with Crippen molar-refractivity contribution < 1.29 is 9.53 Å². The first kappa shape index (κ1) is 12.3. The van der Waals surface area contributed by atoms with E-state index in [2.05, 4.69) is 16.4 Å². The molecular weight excluding hydrogens is 254 g/mol. The van der Waals surface area contributed by atoms with E-state index in [1.807, 2.05) is 31.2 Å². The molecule has 1 aromatic carbocycles. The molecule has 1 amide bonds. The number of H-pyrrole nitrogens is 1. The highest BCUT2D eigenvalue weighted by atomic mass is 16.5. The second-order valence-electron chi connectivity index (χ2n) is 4.51. The second-order valence-corrected chi connectivity index (χ2v) is 4.51. The lowest BCUT2D eigenvalue weighted by molar-refractivity contribution is 0.0919. The molecule has 0 spiro atoms. The molecule has 5 nitrogen and oxygen atoms in total. The minimum Gasteiger partial charge on any atom is -0.478 e. The van der Waals surface area contributed by atoms with Gasteiger partial charge in [0.1, 0.15) is 11.8 Å². The lowest BCUT2D eigenvalue weighted by atomic mass is 10.0. The quantitative estimate of drug-likeness (QED) is 0.875. The van der Waals surface area contributed by atoms with Gasteiger partial charge in [0.25, 0.3) is 5.91 Å². The highest BCUT2D eigenvalue weighted by Gasteiger charge is 2.25. The molecule has 0 saturated heterocycles. The summed E-state index contributed by atoms with van der Waals surface area (Å²) in [6.07, 6.45) is 0.379. The van der Waals surface area contributed by atoms with Gasteiger partial charge < -0.3 is 9.72 Å². The zero-order chi connectivity index (χ0) is 14.1. The maximum Gasteiger partial charge on any atom is 0.274 e. The number of benzene rings is 1. The van der Waals surface area contributed by atoms with Gasteiger partial charge in [0.2, 0.25) is 5.88 Å². The van der Waals surface area contributed by atoms with E-state index in [0.29, 0.717) is 24.3 Å². The predicted molar refractivity (Wildman–Crippen MR) is 73.7 cm³/mol. The third-order valence-corrected chi connectivity index (χ3v) is 3.32. The zero-order valence-electron chi connectivity index (χ0n) is 11.0. The van der Waals surface area contributed by atoms with Crippen LogP contribution in [0.25, 0.3) is 10.9 Å². The van der Waals surface area contributed by atoms with Gasteiger partial charge in [-0.25, -0.2) is 0 Å². The average Bonchev–Trinajstić information content (AvgIpc) is 2.77. The van der Waals surface area contributed by atoms with E-state index in [9.17, 15) is 10.1 Å². The lowest BCUT2D eigenvalue weighted by Crippen LogP contribution is -2.24. The Morgan fingerprint density at radius 2 is 2.20 bits per heavy atom. The van der Waals surface area contributed by atoms with Crippen molar-refractivity contribution in [2.45, 2.75) is 13.3 Å². The van der Waals surface area contributed by atoms with Gasteiger partial charge in [0.15, 0.2) is 0 Å². The number of para-hydroxylation sites is 1. The fourth-order valence-corrected chi connectivity index (χ4v) is 2.43. The minimum atomic E-state index is -0.273. The van der Waals surface area contributed by atoms with Gasteiger partial charge in [-0.15, -0.1) is 0 Å². The largest absolute Gasteiger partial charge is 0.478 e. The first-order chi connectivity index (χ1) is 9.74. The Morgan fingerprint density at radius 3 is 2.95 bits per heavy atom.